The maximum atomic E-state index is 14.3. The van der Waals surface area contributed by atoms with E-state index in [1.54, 1.807) is 36.4 Å². The van der Waals surface area contributed by atoms with Gasteiger partial charge in [0.1, 0.15) is 18.2 Å². The summed E-state index contributed by atoms with van der Waals surface area (Å²) < 4.78 is 27.9. The Balaban J connectivity index is 1.54. The van der Waals surface area contributed by atoms with Crippen molar-refractivity contribution < 1.29 is 23.2 Å². The summed E-state index contributed by atoms with van der Waals surface area (Å²) in [6, 6.07) is 23.5. The second-order valence-electron chi connectivity index (χ2n) is 8.44. The Labute approximate surface area is 206 Å². The summed E-state index contributed by atoms with van der Waals surface area (Å²) in [6.45, 7) is -0.304. The molecule has 0 saturated carbocycles. The molecule has 0 aliphatic carbocycles. The van der Waals surface area contributed by atoms with Gasteiger partial charge in [-0.15, -0.1) is 0 Å². The monoisotopic (exact) mass is 482 g/mol. The smallest absolute Gasteiger partial charge is 0.255 e. The fraction of sp³-hybridized carbons (Fsp3) is 0.0690. The molecule has 1 aliphatic heterocycles. The highest BCUT2D eigenvalue weighted by molar-refractivity contribution is 6.09. The molecular weight excluding hydrogens is 462 g/mol. The van der Waals surface area contributed by atoms with Crippen LogP contribution in [0.15, 0.2) is 97.1 Å². The predicted molar refractivity (Wildman–Crippen MR) is 131 cm³/mol. The lowest BCUT2D eigenvalue weighted by atomic mass is 9.95. The normalized spacial score (nSPS) is 15.0. The van der Waals surface area contributed by atoms with Gasteiger partial charge >= 0.3 is 0 Å². The molecule has 0 spiro atoms. The van der Waals surface area contributed by atoms with Crippen LogP contribution in [0.25, 0.3) is 0 Å². The van der Waals surface area contributed by atoms with Crippen molar-refractivity contribution in [2.45, 2.75) is 6.04 Å². The third-order valence-corrected chi connectivity index (χ3v) is 6.08. The van der Waals surface area contributed by atoms with Gasteiger partial charge in [-0.2, -0.15) is 0 Å². The van der Waals surface area contributed by atoms with E-state index in [9.17, 15) is 23.2 Å². The SMILES string of the molecule is O=C1CN(C(=O)c2ccc(C(=O)c3ccccc3)cc2)[C@H](c2ccc(F)cc2)c2cc(F)ccc2N1. The molecule has 1 N–H and O–H groups in total. The first-order valence-electron chi connectivity index (χ1n) is 11.3. The average Bonchev–Trinajstić information content (AvgIpc) is 3.04. The number of halogens is 2. The Morgan fingerprint density at radius 2 is 1.36 bits per heavy atom. The highest BCUT2D eigenvalue weighted by Gasteiger charge is 2.34. The molecule has 0 saturated heterocycles. The van der Waals surface area contributed by atoms with Gasteiger partial charge in [0.25, 0.3) is 5.91 Å². The van der Waals surface area contributed by atoms with Gasteiger partial charge in [0, 0.05) is 27.9 Å². The van der Waals surface area contributed by atoms with E-state index in [1.165, 1.54) is 59.5 Å². The topological polar surface area (TPSA) is 66.5 Å². The number of benzene rings is 4. The van der Waals surface area contributed by atoms with Gasteiger partial charge in [0.15, 0.2) is 5.78 Å². The third kappa shape index (κ3) is 4.51. The highest BCUT2D eigenvalue weighted by Crippen LogP contribution is 2.37. The lowest BCUT2D eigenvalue weighted by Gasteiger charge is -2.30. The maximum Gasteiger partial charge on any atom is 0.255 e. The summed E-state index contributed by atoms with van der Waals surface area (Å²) in [5, 5.41) is 2.72. The molecule has 5 rings (SSSR count). The van der Waals surface area contributed by atoms with Crippen LogP contribution in [-0.4, -0.2) is 29.0 Å². The Morgan fingerprint density at radius 3 is 2.06 bits per heavy atom. The van der Waals surface area contributed by atoms with Gasteiger partial charge in [-0.1, -0.05) is 54.6 Å². The molecule has 1 heterocycles. The van der Waals surface area contributed by atoms with Crippen molar-refractivity contribution in [1.82, 2.24) is 4.90 Å². The van der Waals surface area contributed by atoms with Gasteiger partial charge in [0.05, 0.1) is 6.04 Å². The van der Waals surface area contributed by atoms with Crippen molar-refractivity contribution >= 4 is 23.3 Å². The lowest BCUT2D eigenvalue weighted by molar-refractivity contribution is -0.117. The fourth-order valence-corrected chi connectivity index (χ4v) is 4.36. The predicted octanol–water partition coefficient (Wildman–Crippen LogP) is 5.38. The van der Waals surface area contributed by atoms with Crippen LogP contribution in [0, 0.1) is 11.6 Å². The van der Waals surface area contributed by atoms with Crippen molar-refractivity contribution in [2.75, 3.05) is 11.9 Å². The van der Waals surface area contributed by atoms with Crippen molar-refractivity contribution in [2.24, 2.45) is 0 Å². The Morgan fingerprint density at radius 1 is 0.750 bits per heavy atom. The molecule has 1 atom stereocenters. The van der Waals surface area contributed by atoms with E-state index in [0.29, 0.717) is 27.9 Å². The quantitative estimate of drug-likeness (QED) is 0.397. The number of rotatable bonds is 4. The largest absolute Gasteiger partial charge is 0.324 e. The van der Waals surface area contributed by atoms with Crippen LogP contribution >= 0.6 is 0 Å². The van der Waals surface area contributed by atoms with Gasteiger partial charge in [-0.3, -0.25) is 14.4 Å². The first-order valence-corrected chi connectivity index (χ1v) is 11.3. The standard InChI is InChI=1S/C29H20F2N2O3/c30-22-12-10-18(11-13-22)27-24-16-23(31)14-15-25(24)32-26(34)17-33(27)29(36)21-8-6-20(7-9-21)28(35)19-4-2-1-3-5-19/h1-16,27H,17H2,(H,32,34)/t27-/m1/s1. The zero-order valence-corrected chi connectivity index (χ0v) is 18.9. The highest BCUT2D eigenvalue weighted by atomic mass is 19.1. The number of nitrogens with zero attached hydrogens (tertiary/aromatic N) is 1. The number of hydrogen-bond donors (Lipinski definition) is 1. The number of carbonyl (C=O) groups is 3. The zero-order chi connectivity index (χ0) is 25.2. The van der Waals surface area contributed by atoms with Gasteiger partial charge in [-0.05, 0) is 48.0 Å². The van der Waals surface area contributed by atoms with Crippen LogP contribution in [0.3, 0.4) is 0 Å². The minimum Gasteiger partial charge on any atom is -0.324 e. The number of ketones is 1. The molecule has 7 heteroatoms. The summed E-state index contributed by atoms with van der Waals surface area (Å²) in [5.41, 5.74) is 2.44. The van der Waals surface area contributed by atoms with Gasteiger partial charge in [0.2, 0.25) is 5.91 Å². The summed E-state index contributed by atoms with van der Waals surface area (Å²) in [5.74, 6) is -2.12. The van der Waals surface area contributed by atoms with Crippen LogP contribution in [-0.2, 0) is 4.79 Å². The molecule has 0 bridgehead atoms. The molecule has 36 heavy (non-hydrogen) atoms. The van der Waals surface area contributed by atoms with E-state index >= 15 is 0 Å². The lowest BCUT2D eigenvalue weighted by Crippen LogP contribution is -2.39. The van der Waals surface area contributed by atoms with Gasteiger partial charge < -0.3 is 10.2 Å². The van der Waals surface area contributed by atoms with Crippen molar-refractivity contribution in [3.8, 4) is 0 Å². The summed E-state index contributed by atoms with van der Waals surface area (Å²) >= 11 is 0. The van der Waals surface area contributed by atoms with Crippen molar-refractivity contribution in [3.05, 3.63) is 137 Å². The number of amides is 2. The number of hydrogen-bond acceptors (Lipinski definition) is 3. The average molecular weight is 482 g/mol. The molecule has 178 valence electrons. The second kappa shape index (κ2) is 9.54. The van der Waals surface area contributed by atoms with E-state index < -0.39 is 29.5 Å². The van der Waals surface area contributed by atoms with Crippen LogP contribution < -0.4 is 5.32 Å². The van der Waals surface area contributed by atoms with Crippen molar-refractivity contribution in [1.29, 1.82) is 0 Å². The van der Waals surface area contributed by atoms with E-state index in [2.05, 4.69) is 5.32 Å². The van der Waals surface area contributed by atoms with Crippen LogP contribution in [0.4, 0.5) is 14.5 Å². The second-order valence-corrected chi connectivity index (χ2v) is 8.44. The first-order chi connectivity index (χ1) is 17.4. The minimum atomic E-state index is -0.853. The minimum absolute atomic E-state index is 0.183. The summed E-state index contributed by atoms with van der Waals surface area (Å²) in [4.78, 5) is 40.5. The first kappa shape index (κ1) is 23.1. The van der Waals surface area contributed by atoms with Crippen LogP contribution in [0.5, 0.6) is 0 Å². The fourth-order valence-electron chi connectivity index (χ4n) is 4.36. The van der Waals surface area contributed by atoms with E-state index in [-0.39, 0.29) is 17.9 Å². The molecule has 5 nitrogen and oxygen atoms in total. The Bertz CT molecular complexity index is 1450. The van der Waals surface area contributed by atoms with Gasteiger partial charge in [-0.25, -0.2) is 8.78 Å². The molecule has 0 fully saturated rings. The van der Waals surface area contributed by atoms with E-state index in [1.807, 2.05) is 6.07 Å². The van der Waals surface area contributed by atoms with Crippen molar-refractivity contribution in [3.63, 3.8) is 0 Å². The molecule has 0 aromatic heterocycles. The third-order valence-electron chi connectivity index (χ3n) is 6.08. The number of anilines is 1. The van der Waals surface area contributed by atoms with E-state index in [0.717, 1.165) is 0 Å². The summed E-state index contributed by atoms with van der Waals surface area (Å²) in [6.07, 6.45) is 0. The molecule has 2 amide bonds. The van der Waals surface area contributed by atoms with E-state index in [4.69, 9.17) is 0 Å². The molecule has 4 aromatic rings. The molecule has 4 aromatic carbocycles. The Kier molecular flexibility index (Phi) is 6.12. The van der Waals surface area contributed by atoms with Crippen LogP contribution in [0.2, 0.25) is 0 Å². The zero-order valence-electron chi connectivity index (χ0n) is 18.9. The maximum absolute atomic E-state index is 14.3. The number of nitrogens with one attached hydrogen (secondary N) is 1. The summed E-state index contributed by atoms with van der Waals surface area (Å²) in [7, 11) is 0. The number of fused-ring (bicyclic) bond motifs is 1. The Hall–Kier alpha value is -4.65. The molecule has 0 unspecified atom stereocenters. The van der Waals surface area contributed by atoms with Crippen LogP contribution in [0.1, 0.15) is 43.4 Å². The molecule has 1 aliphatic rings. The molecule has 0 radical (unpaired) electrons. The molecular formula is C29H20F2N2O3. The number of carbonyl (C=O) groups excluding carboxylic acids is 3.